The molecule has 0 bridgehead atoms. The van der Waals surface area contributed by atoms with E-state index in [0.29, 0.717) is 6.79 Å². The van der Waals surface area contributed by atoms with E-state index in [1.165, 1.54) is 0 Å². The Morgan fingerprint density at radius 1 is 1.33 bits per heavy atom. The molecule has 2 heterocycles. The van der Waals surface area contributed by atoms with Gasteiger partial charge in [-0.3, -0.25) is 0 Å². The Balaban J connectivity index is 2.03. The summed E-state index contributed by atoms with van der Waals surface area (Å²) in [5.74, 6) is 2.48. The number of aryl methyl sites for hydroxylation is 1. The maximum Gasteiger partial charge on any atom is 0.231 e. The summed E-state index contributed by atoms with van der Waals surface area (Å²) in [6.45, 7) is 3.00. The Labute approximate surface area is 105 Å². The van der Waals surface area contributed by atoms with E-state index in [-0.39, 0.29) is 0 Å². The molecule has 0 aliphatic carbocycles. The molecule has 5 nitrogen and oxygen atoms in total. The number of imidazole rings is 1. The van der Waals surface area contributed by atoms with Gasteiger partial charge in [-0.05, 0) is 32.2 Å². The molecule has 94 valence electrons. The molecule has 0 spiro atoms. The quantitative estimate of drug-likeness (QED) is 0.866. The summed E-state index contributed by atoms with van der Waals surface area (Å²) in [6.07, 6.45) is 0. The molecule has 1 aliphatic heterocycles. The summed E-state index contributed by atoms with van der Waals surface area (Å²) in [7, 11) is 1.92. The first kappa shape index (κ1) is 11.1. The third kappa shape index (κ3) is 1.82. The Kier molecular flexibility index (Phi) is 2.68. The van der Waals surface area contributed by atoms with E-state index in [1.54, 1.807) is 0 Å². The van der Waals surface area contributed by atoms with E-state index in [9.17, 15) is 0 Å². The zero-order chi connectivity index (χ0) is 12.5. The molecule has 0 fully saturated rings. The first-order valence-electron chi connectivity index (χ1n) is 5.88. The van der Waals surface area contributed by atoms with Crippen molar-refractivity contribution >= 4 is 0 Å². The number of rotatable bonds is 3. The van der Waals surface area contributed by atoms with Crippen LogP contribution < -0.4 is 14.8 Å². The molecule has 0 unspecified atom stereocenters. The predicted molar refractivity (Wildman–Crippen MR) is 67.6 cm³/mol. The number of ether oxygens (including phenoxy) is 2. The second-order valence-electron chi connectivity index (χ2n) is 4.25. The van der Waals surface area contributed by atoms with Crippen LogP contribution in [0.15, 0.2) is 18.2 Å². The number of aromatic amines is 1. The van der Waals surface area contributed by atoms with Crippen molar-refractivity contribution in [2.75, 3.05) is 13.8 Å². The van der Waals surface area contributed by atoms with Crippen LogP contribution in [0.5, 0.6) is 11.5 Å². The lowest BCUT2D eigenvalue weighted by atomic mass is 10.1. The van der Waals surface area contributed by atoms with Crippen molar-refractivity contribution in [1.29, 1.82) is 0 Å². The molecule has 0 saturated carbocycles. The lowest BCUT2D eigenvalue weighted by Gasteiger charge is -2.03. The third-order valence-corrected chi connectivity index (χ3v) is 2.90. The first-order chi connectivity index (χ1) is 8.78. The molecule has 1 aliphatic rings. The van der Waals surface area contributed by atoms with Gasteiger partial charge in [0.1, 0.15) is 5.82 Å². The minimum atomic E-state index is 0.293. The zero-order valence-corrected chi connectivity index (χ0v) is 10.4. The average Bonchev–Trinajstić information content (AvgIpc) is 2.95. The van der Waals surface area contributed by atoms with E-state index >= 15 is 0 Å². The molecule has 1 aromatic carbocycles. The topological polar surface area (TPSA) is 59.2 Å². The first-order valence-corrected chi connectivity index (χ1v) is 5.88. The summed E-state index contributed by atoms with van der Waals surface area (Å²) < 4.78 is 10.7. The van der Waals surface area contributed by atoms with Crippen molar-refractivity contribution in [2.45, 2.75) is 13.5 Å². The maximum absolute atomic E-state index is 5.39. The van der Waals surface area contributed by atoms with Gasteiger partial charge < -0.3 is 19.8 Å². The van der Waals surface area contributed by atoms with Crippen molar-refractivity contribution < 1.29 is 9.47 Å². The molecule has 2 N–H and O–H groups in total. The summed E-state index contributed by atoms with van der Waals surface area (Å²) >= 11 is 0. The Morgan fingerprint density at radius 2 is 2.17 bits per heavy atom. The molecular weight excluding hydrogens is 230 g/mol. The van der Waals surface area contributed by atoms with Crippen LogP contribution in [0.2, 0.25) is 0 Å². The minimum absolute atomic E-state index is 0.293. The molecule has 18 heavy (non-hydrogen) atoms. The van der Waals surface area contributed by atoms with E-state index in [4.69, 9.17) is 9.47 Å². The van der Waals surface area contributed by atoms with Crippen molar-refractivity contribution in [2.24, 2.45) is 0 Å². The lowest BCUT2D eigenvalue weighted by Crippen LogP contribution is -2.06. The van der Waals surface area contributed by atoms with Crippen molar-refractivity contribution in [1.82, 2.24) is 15.3 Å². The van der Waals surface area contributed by atoms with Crippen LogP contribution in [0.3, 0.4) is 0 Å². The number of benzene rings is 1. The van der Waals surface area contributed by atoms with E-state index in [2.05, 4.69) is 15.3 Å². The van der Waals surface area contributed by atoms with Crippen LogP contribution in [0, 0.1) is 6.92 Å². The van der Waals surface area contributed by atoms with Crippen LogP contribution in [0.1, 0.15) is 11.5 Å². The molecule has 1 aromatic heterocycles. The van der Waals surface area contributed by atoms with Crippen LogP contribution in [-0.4, -0.2) is 23.8 Å². The SMILES string of the molecule is CNCc1[nH]c(C)nc1-c1ccc2c(c1)OCO2. The largest absolute Gasteiger partial charge is 0.454 e. The van der Waals surface area contributed by atoms with Gasteiger partial charge >= 0.3 is 0 Å². The number of H-pyrrole nitrogens is 1. The fraction of sp³-hybridized carbons (Fsp3) is 0.308. The molecule has 0 atom stereocenters. The Morgan fingerprint density at radius 3 is 3.00 bits per heavy atom. The fourth-order valence-corrected chi connectivity index (χ4v) is 2.13. The van der Waals surface area contributed by atoms with Crippen molar-refractivity contribution in [3.63, 3.8) is 0 Å². The number of nitrogens with one attached hydrogen (secondary N) is 2. The molecule has 3 rings (SSSR count). The Bertz CT molecular complexity index is 578. The number of aromatic nitrogens is 2. The number of hydrogen-bond acceptors (Lipinski definition) is 4. The van der Waals surface area contributed by atoms with Gasteiger partial charge in [0.2, 0.25) is 6.79 Å². The normalized spacial score (nSPS) is 13.0. The van der Waals surface area contributed by atoms with Crippen molar-refractivity contribution in [3.05, 3.63) is 29.7 Å². The van der Waals surface area contributed by atoms with Crippen LogP contribution in [-0.2, 0) is 6.54 Å². The highest BCUT2D eigenvalue weighted by atomic mass is 16.7. The molecule has 0 amide bonds. The van der Waals surface area contributed by atoms with Crippen LogP contribution in [0.4, 0.5) is 0 Å². The van der Waals surface area contributed by atoms with E-state index < -0.39 is 0 Å². The van der Waals surface area contributed by atoms with Crippen LogP contribution in [0.25, 0.3) is 11.3 Å². The molecule has 2 aromatic rings. The minimum Gasteiger partial charge on any atom is -0.454 e. The smallest absolute Gasteiger partial charge is 0.231 e. The highest BCUT2D eigenvalue weighted by Crippen LogP contribution is 2.36. The Hall–Kier alpha value is -2.01. The predicted octanol–water partition coefficient (Wildman–Crippen LogP) is 1.83. The molecular formula is C13H15N3O2. The van der Waals surface area contributed by atoms with Gasteiger partial charge in [-0.15, -0.1) is 0 Å². The lowest BCUT2D eigenvalue weighted by molar-refractivity contribution is 0.174. The summed E-state index contributed by atoms with van der Waals surface area (Å²) in [4.78, 5) is 7.80. The van der Waals surface area contributed by atoms with E-state index in [0.717, 1.165) is 40.8 Å². The number of nitrogens with zero attached hydrogens (tertiary/aromatic N) is 1. The number of hydrogen-bond donors (Lipinski definition) is 2. The van der Waals surface area contributed by atoms with Gasteiger partial charge in [0.15, 0.2) is 11.5 Å². The van der Waals surface area contributed by atoms with Crippen LogP contribution >= 0.6 is 0 Å². The van der Waals surface area contributed by atoms with Gasteiger partial charge in [0, 0.05) is 12.1 Å². The standard InChI is InChI=1S/C13H15N3O2/c1-8-15-10(6-14-2)13(16-8)9-3-4-11-12(5-9)18-7-17-11/h3-5,14H,6-7H2,1-2H3,(H,15,16). The summed E-state index contributed by atoms with van der Waals surface area (Å²) in [5, 5.41) is 3.13. The van der Waals surface area contributed by atoms with Crippen molar-refractivity contribution in [3.8, 4) is 22.8 Å². The second-order valence-corrected chi connectivity index (χ2v) is 4.25. The molecule has 5 heteroatoms. The average molecular weight is 245 g/mol. The van der Waals surface area contributed by atoms with Gasteiger partial charge in [0.25, 0.3) is 0 Å². The second kappa shape index (κ2) is 4.34. The van der Waals surface area contributed by atoms with Gasteiger partial charge in [-0.2, -0.15) is 0 Å². The van der Waals surface area contributed by atoms with Gasteiger partial charge in [-0.25, -0.2) is 4.98 Å². The van der Waals surface area contributed by atoms with Gasteiger partial charge in [0.05, 0.1) is 11.4 Å². The fourth-order valence-electron chi connectivity index (χ4n) is 2.13. The summed E-state index contributed by atoms with van der Waals surface area (Å²) in [6, 6.07) is 5.89. The highest BCUT2D eigenvalue weighted by molar-refractivity contribution is 5.66. The third-order valence-electron chi connectivity index (χ3n) is 2.90. The van der Waals surface area contributed by atoms with Gasteiger partial charge in [-0.1, -0.05) is 0 Å². The number of fused-ring (bicyclic) bond motifs is 1. The molecule has 0 saturated heterocycles. The monoisotopic (exact) mass is 245 g/mol. The zero-order valence-electron chi connectivity index (χ0n) is 10.4. The highest BCUT2D eigenvalue weighted by Gasteiger charge is 2.16. The maximum atomic E-state index is 5.39. The summed E-state index contributed by atoms with van der Waals surface area (Å²) in [5.41, 5.74) is 3.07. The molecule has 0 radical (unpaired) electrons. The van der Waals surface area contributed by atoms with E-state index in [1.807, 2.05) is 32.2 Å².